The normalized spacial score (nSPS) is 25.4. The van der Waals surface area contributed by atoms with Gasteiger partial charge in [0.05, 0.1) is 12.7 Å². The fraction of sp³-hybridized carbons (Fsp3) is 0.625. The van der Waals surface area contributed by atoms with Gasteiger partial charge in [0.15, 0.2) is 0 Å². The van der Waals surface area contributed by atoms with Crippen LogP contribution >= 0.6 is 0 Å². The van der Waals surface area contributed by atoms with E-state index in [9.17, 15) is 5.11 Å². The zero-order valence-corrected chi connectivity index (χ0v) is 12.6. The molecule has 0 amide bonds. The minimum absolute atomic E-state index is 0.232. The number of hydrogen-bond acceptors (Lipinski definition) is 4. The Hall–Kier alpha value is -1.10. The molecule has 1 saturated heterocycles. The highest BCUT2D eigenvalue weighted by molar-refractivity contribution is 5.31. The number of aryl methyl sites for hydroxylation is 1. The van der Waals surface area contributed by atoms with Crippen LogP contribution in [0, 0.1) is 6.92 Å². The number of nitrogens with zero attached hydrogens (tertiary/aromatic N) is 1. The molecule has 1 aliphatic heterocycles. The molecule has 20 heavy (non-hydrogen) atoms. The van der Waals surface area contributed by atoms with Crippen LogP contribution in [0.3, 0.4) is 0 Å². The van der Waals surface area contributed by atoms with E-state index in [1.54, 1.807) is 0 Å². The molecule has 1 aromatic carbocycles. The van der Waals surface area contributed by atoms with Crippen LogP contribution in [0.1, 0.15) is 19.4 Å². The van der Waals surface area contributed by atoms with Gasteiger partial charge in [0.25, 0.3) is 0 Å². The van der Waals surface area contributed by atoms with Crippen LogP contribution in [-0.4, -0.2) is 54.6 Å². The van der Waals surface area contributed by atoms with E-state index in [0.717, 1.165) is 24.5 Å². The predicted octanol–water partition coefficient (Wildman–Crippen LogP) is 1.84. The van der Waals surface area contributed by atoms with E-state index in [2.05, 4.69) is 18.7 Å². The van der Waals surface area contributed by atoms with E-state index in [4.69, 9.17) is 9.47 Å². The van der Waals surface area contributed by atoms with Crippen molar-refractivity contribution in [1.29, 1.82) is 0 Å². The van der Waals surface area contributed by atoms with E-state index >= 15 is 0 Å². The Morgan fingerprint density at radius 3 is 2.90 bits per heavy atom. The molecule has 0 spiro atoms. The highest BCUT2D eigenvalue weighted by Gasteiger charge is 2.25. The maximum atomic E-state index is 10.2. The van der Waals surface area contributed by atoms with Gasteiger partial charge in [0.2, 0.25) is 0 Å². The van der Waals surface area contributed by atoms with Gasteiger partial charge < -0.3 is 14.6 Å². The molecular weight excluding hydrogens is 254 g/mol. The summed E-state index contributed by atoms with van der Waals surface area (Å²) in [4.78, 5) is 2.26. The van der Waals surface area contributed by atoms with E-state index in [1.807, 2.05) is 31.2 Å². The van der Waals surface area contributed by atoms with Gasteiger partial charge in [-0.15, -0.1) is 0 Å². The Morgan fingerprint density at radius 1 is 1.40 bits per heavy atom. The first-order valence-corrected chi connectivity index (χ1v) is 7.28. The van der Waals surface area contributed by atoms with Crippen molar-refractivity contribution in [2.45, 2.75) is 39.0 Å². The third kappa shape index (κ3) is 4.20. The van der Waals surface area contributed by atoms with Gasteiger partial charge in [-0.25, -0.2) is 0 Å². The number of para-hydroxylation sites is 1. The lowest BCUT2D eigenvalue weighted by Gasteiger charge is -2.37. The van der Waals surface area contributed by atoms with Crippen molar-refractivity contribution in [2.75, 3.05) is 26.3 Å². The molecule has 1 N–H and O–H groups in total. The number of hydrogen-bond donors (Lipinski definition) is 1. The van der Waals surface area contributed by atoms with Crippen LogP contribution in [0.2, 0.25) is 0 Å². The van der Waals surface area contributed by atoms with Crippen molar-refractivity contribution >= 4 is 0 Å². The van der Waals surface area contributed by atoms with Crippen LogP contribution in [0.5, 0.6) is 5.75 Å². The molecular formula is C16H25NO3. The largest absolute Gasteiger partial charge is 0.491 e. The second kappa shape index (κ2) is 7.07. The quantitative estimate of drug-likeness (QED) is 0.893. The summed E-state index contributed by atoms with van der Waals surface area (Å²) in [6.07, 6.45) is -0.252. The van der Waals surface area contributed by atoms with E-state index in [-0.39, 0.29) is 6.10 Å². The van der Waals surface area contributed by atoms with Crippen molar-refractivity contribution in [3.63, 3.8) is 0 Å². The van der Waals surface area contributed by atoms with Gasteiger partial charge in [0.1, 0.15) is 18.5 Å². The summed E-state index contributed by atoms with van der Waals surface area (Å²) in [5.74, 6) is 0.843. The summed E-state index contributed by atoms with van der Waals surface area (Å²) < 4.78 is 11.3. The summed E-state index contributed by atoms with van der Waals surface area (Å²) in [5, 5.41) is 10.2. The van der Waals surface area contributed by atoms with Gasteiger partial charge in [-0.1, -0.05) is 18.2 Å². The van der Waals surface area contributed by atoms with Crippen molar-refractivity contribution in [1.82, 2.24) is 4.90 Å². The number of β-amino-alcohol motifs (C(OH)–C–C–N with tert-alkyl or cyclic N) is 1. The Kier molecular flexibility index (Phi) is 5.40. The number of rotatable bonds is 5. The zero-order valence-electron chi connectivity index (χ0n) is 12.6. The molecule has 0 unspecified atom stereocenters. The van der Waals surface area contributed by atoms with Crippen molar-refractivity contribution in [3.8, 4) is 5.75 Å². The topological polar surface area (TPSA) is 41.9 Å². The molecule has 0 saturated carbocycles. The lowest BCUT2D eigenvalue weighted by molar-refractivity contribution is -0.0650. The van der Waals surface area contributed by atoms with Gasteiger partial charge >= 0.3 is 0 Å². The molecule has 4 heteroatoms. The molecule has 0 aliphatic carbocycles. The molecule has 0 radical (unpaired) electrons. The first-order chi connectivity index (χ1) is 9.56. The molecule has 3 atom stereocenters. The predicted molar refractivity (Wildman–Crippen MR) is 79.1 cm³/mol. The van der Waals surface area contributed by atoms with Crippen LogP contribution in [0.25, 0.3) is 0 Å². The van der Waals surface area contributed by atoms with Crippen molar-refractivity contribution in [2.24, 2.45) is 0 Å². The number of benzene rings is 1. The highest BCUT2D eigenvalue weighted by atomic mass is 16.5. The standard InChI is InChI=1S/C16H25NO3/c1-12-6-4-5-7-16(12)20-11-15(18)9-17-8-14(3)19-10-13(17)2/h4-7,13-15,18H,8-11H2,1-3H3/t13-,14+,15-/m1/s1. The molecule has 0 aromatic heterocycles. The number of morpholine rings is 1. The van der Waals surface area contributed by atoms with Gasteiger partial charge in [-0.05, 0) is 32.4 Å². The monoisotopic (exact) mass is 279 g/mol. The van der Waals surface area contributed by atoms with Crippen molar-refractivity contribution in [3.05, 3.63) is 29.8 Å². The average molecular weight is 279 g/mol. The number of aliphatic hydroxyl groups excluding tert-OH is 1. The van der Waals surface area contributed by atoms with E-state index in [1.165, 1.54) is 0 Å². The smallest absolute Gasteiger partial charge is 0.122 e. The third-order valence-electron chi connectivity index (χ3n) is 3.71. The van der Waals surface area contributed by atoms with Crippen LogP contribution in [0.4, 0.5) is 0 Å². The molecule has 1 aliphatic rings. The summed E-state index contributed by atoms with van der Waals surface area (Å²) in [7, 11) is 0. The summed E-state index contributed by atoms with van der Waals surface area (Å²) in [6, 6.07) is 8.21. The summed E-state index contributed by atoms with van der Waals surface area (Å²) in [5.41, 5.74) is 1.09. The minimum Gasteiger partial charge on any atom is -0.491 e. The van der Waals surface area contributed by atoms with Crippen LogP contribution in [0.15, 0.2) is 24.3 Å². The van der Waals surface area contributed by atoms with Gasteiger partial charge in [-0.3, -0.25) is 4.90 Å². The lowest BCUT2D eigenvalue weighted by Crippen LogP contribution is -2.50. The summed E-state index contributed by atoms with van der Waals surface area (Å²) >= 11 is 0. The maximum absolute atomic E-state index is 10.2. The second-order valence-electron chi connectivity index (χ2n) is 5.68. The van der Waals surface area contributed by atoms with E-state index in [0.29, 0.717) is 19.2 Å². The third-order valence-corrected chi connectivity index (χ3v) is 3.71. The Morgan fingerprint density at radius 2 is 2.15 bits per heavy atom. The molecule has 0 bridgehead atoms. The molecule has 1 fully saturated rings. The van der Waals surface area contributed by atoms with Gasteiger partial charge in [-0.2, -0.15) is 0 Å². The molecule has 1 heterocycles. The zero-order chi connectivity index (χ0) is 14.5. The fourth-order valence-electron chi connectivity index (χ4n) is 2.45. The molecule has 112 valence electrons. The first kappa shape index (κ1) is 15.3. The number of ether oxygens (including phenoxy) is 2. The lowest BCUT2D eigenvalue weighted by atomic mass is 10.2. The minimum atomic E-state index is -0.484. The number of aliphatic hydroxyl groups is 1. The van der Waals surface area contributed by atoms with Gasteiger partial charge in [0, 0.05) is 19.1 Å². The molecule has 1 aromatic rings. The SMILES string of the molecule is Cc1ccccc1OC[C@H](O)CN1C[C@H](C)OC[C@H]1C. The average Bonchev–Trinajstić information content (AvgIpc) is 2.42. The highest BCUT2D eigenvalue weighted by Crippen LogP contribution is 2.17. The second-order valence-corrected chi connectivity index (χ2v) is 5.68. The van der Waals surface area contributed by atoms with Crippen LogP contribution in [-0.2, 0) is 4.74 Å². The van der Waals surface area contributed by atoms with E-state index < -0.39 is 6.10 Å². The van der Waals surface area contributed by atoms with Crippen LogP contribution < -0.4 is 4.74 Å². The molecule has 2 rings (SSSR count). The molecule has 4 nitrogen and oxygen atoms in total. The maximum Gasteiger partial charge on any atom is 0.122 e. The van der Waals surface area contributed by atoms with Crippen molar-refractivity contribution < 1.29 is 14.6 Å². The fourth-order valence-corrected chi connectivity index (χ4v) is 2.45. The Labute approximate surface area is 121 Å². The Balaban J connectivity index is 1.80. The Bertz CT molecular complexity index is 424. The summed E-state index contributed by atoms with van der Waals surface area (Å²) in [6.45, 7) is 8.74. The first-order valence-electron chi connectivity index (χ1n) is 7.28.